The molecule has 0 atom stereocenters. The van der Waals surface area contributed by atoms with Crippen LogP contribution in [0.4, 0.5) is 5.69 Å². The summed E-state index contributed by atoms with van der Waals surface area (Å²) >= 11 is 5.76. The van der Waals surface area contributed by atoms with Gasteiger partial charge in [-0.3, -0.25) is 0 Å². The molecule has 1 aliphatic heterocycles. The highest BCUT2D eigenvalue weighted by molar-refractivity contribution is 6.18. The van der Waals surface area contributed by atoms with Crippen molar-refractivity contribution in [3.63, 3.8) is 0 Å². The lowest BCUT2D eigenvalue weighted by molar-refractivity contribution is 0.337. The van der Waals surface area contributed by atoms with Gasteiger partial charge in [-0.25, -0.2) is 0 Å². The zero-order valence-electron chi connectivity index (χ0n) is 9.40. The Morgan fingerprint density at radius 2 is 1.94 bits per heavy atom. The number of anilines is 1. The van der Waals surface area contributed by atoms with Crippen LogP contribution in [0.25, 0.3) is 0 Å². The van der Waals surface area contributed by atoms with Gasteiger partial charge >= 0.3 is 0 Å². The first-order valence-corrected chi connectivity index (χ1v) is 6.13. The highest BCUT2D eigenvalue weighted by atomic mass is 35.5. The molecular weight excluding hydrogens is 220 g/mol. The van der Waals surface area contributed by atoms with E-state index in [2.05, 4.69) is 40.6 Å². The highest BCUT2D eigenvalue weighted by Gasteiger charge is 2.18. The van der Waals surface area contributed by atoms with E-state index in [1.807, 2.05) is 6.07 Å². The van der Waals surface area contributed by atoms with Gasteiger partial charge in [0.25, 0.3) is 0 Å². The van der Waals surface area contributed by atoms with E-state index in [4.69, 9.17) is 11.6 Å². The third-order valence-electron chi connectivity index (χ3n) is 2.94. The SMILES string of the molecule is C=C1CN(c2ccccc2)CCN1CCCl. The molecule has 0 spiro atoms. The molecular formula is C13H17ClN2. The van der Waals surface area contributed by atoms with Gasteiger partial charge in [0, 0.05) is 36.9 Å². The average molecular weight is 237 g/mol. The minimum Gasteiger partial charge on any atom is -0.371 e. The minimum absolute atomic E-state index is 0.671. The lowest BCUT2D eigenvalue weighted by Gasteiger charge is -2.38. The van der Waals surface area contributed by atoms with Crippen LogP contribution >= 0.6 is 11.6 Å². The zero-order chi connectivity index (χ0) is 11.4. The third-order valence-corrected chi connectivity index (χ3v) is 3.11. The van der Waals surface area contributed by atoms with E-state index < -0.39 is 0 Å². The van der Waals surface area contributed by atoms with Crippen LogP contribution in [-0.2, 0) is 0 Å². The number of halogens is 1. The van der Waals surface area contributed by atoms with Crippen molar-refractivity contribution in [3.8, 4) is 0 Å². The van der Waals surface area contributed by atoms with Crippen LogP contribution in [0.1, 0.15) is 0 Å². The number of hydrogen-bond acceptors (Lipinski definition) is 2. The molecule has 1 aliphatic rings. The van der Waals surface area contributed by atoms with Crippen LogP contribution in [0.15, 0.2) is 42.6 Å². The quantitative estimate of drug-likeness (QED) is 0.745. The van der Waals surface area contributed by atoms with E-state index in [1.54, 1.807) is 0 Å². The Balaban J connectivity index is 2.00. The normalized spacial score (nSPS) is 16.7. The van der Waals surface area contributed by atoms with Crippen molar-refractivity contribution in [2.24, 2.45) is 0 Å². The van der Waals surface area contributed by atoms with E-state index in [1.165, 1.54) is 5.69 Å². The fourth-order valence-electron chi connectivity index (χ4n) is 2.03. The summed E-state index contributed by atoms with van der Waals surface area (Å²) in [6, 6.07) is 10.5. The van der Waals surface area contributed by atoms with Crippen LogP contribution < -0.4 is 4.90 Å². The molecule has 0 bridgehead atoms. The molecule has 0 unspecified atom stereocenters. The first kappa shape index (κ1) is 11.3. The van der Waals surface area contributed by atoms with Crippen LogP contribution in [0, 0.1) is 0 Å². The molecule has 16 heavy (non-hydrogen) atoms. The first-order valence-electron chi connectivity index (χ1n) is 5.60. The predicted molar refractivity (Wildman–Crippen MR) is 70.1 cm³/mol. The Morgan fingerprint density at radius 3 is 2.56 bits per heavy atom. The molecule has 0 N–H and O–H groups in total. The molecule has 1 fully saturated rings. The maximum absolute atomic E-state index is 5.76. The maximum atomic E-state index is 5.76. The van der Waals surface area contributed by atoms with Gasteiger partial charge in [0.1, 0.15) is 0 Å². The van der Waals surface area contributed by atoms with E-state index in [9.17, 15) is 0 Å². The van der Waals surface area contributed by atoms with Gasteiger partial charge in [-0.1, -0.05) is 24.8 Å². The molecule has 86 valence electrons. The van der Waals surface area contributed by atoms with Crippen LogP contribution in [0.2, 0.25) is 0 Å². The Bertz CT molecular complexity index is 350. The van der Waals surface area contributed by atoms with E-state index >= 15 is 0 Å². The zero-order valence-corrected chi connectivity index (χ0v) is 10.2. The maximum Gasteiger partial charge on any atom is 0.0573 e. The van der Waals surface area contributed by atoms with Gasteiger partial charge in [0.15, 0.2) is 0 Å². The molecule has 3 heteroatoms. The lowest BCUT2D eigenvalue weighted by Crippen LogP contribution is -2.45. The summed E-state index contributed by atoms with van der Waals surface area (Å²) in [5.74, 6) is 0.671. The van der Waals surface area contributed by atoms with Gasteiger partial charge in [0.2, 0.25) is 0 Å². The van der Waals surface area contributed by atoms with E-state index in [0.29, 0.717) is 5.88 Å². The summed E-state index contributed by atoms with van der Waals surface area (Å²) in [7, 11) is 0. The third kappa shape index (κ3) is 2.50. The lowest BCUT2D eigenvalue weighted by atomic mass is 10.2. The van der Waals surface area contributed by atoms with Gasteiger partial charge in [-0.15, -0.1) is 11.6 Å². The summed E-state index contributed by atoms with van der Waals surface area (Å²) in [6.07, 6.45) is 0. The predicted octanol–water partition coefficient (Wildman–Crippen LogP) is 2.56. The fourth-order valence-corrected chi connectivity index (χ4v) is 2.23. The number of piperazine rings is 1. The van der Waals surface area contributed by atoms with Crippen LogP contribution in [0.5, 0.6) is 0 Å². The van der Waals surface area contributed by atoms with Crippen molar-refractivity contribution < 1.29 is 0 Å². The van der Waals surface area contributed by atoms with Crippen molar-refractivity contribution in [1.82, 2.24) is 4.90 Å². The molecule has 2 nitrogen and oxygen atoms in total. The summed E-state index contributed by atoms with van der Waals surface area (Å²) in [6.45, 7) is 7.98. The highest BCUT2D eigenvalue weighted by Crippen LogP contribution is 2.19. The van der Waals surface area contributed by atoms with Crippen LogP contribution in [0.3, 0.4) is 0 Å². The Morgan fingerprint density at radius 1 is 1.19 bits per heavy atom. The molecule has 1 saturated heterocycles. The molecule has 1 aromatic rings. The monoisotopic (exact) mass is 236 g/mol. The number of rotatable bonds is 3. The topological polar surface area (TPSA) is 6.48 Å². The second kappa shape index (κ2) is 5.26. The molecule has 0 radical (unpaired) electrons. The number of hydrogen-bond donors (Lipinski definition) is 0. The molecule has 2 rings (SSSR count). The number of benzene rings is 1. The van der Waals surface area contributed by atoms with Gasteiger partial charge < -0.3 is 9.80 Å². The molecule has 1 heterocycles. The molecule has 0 saturated carbocycles. The van der Waals surface area contributed by atoms with Crippen molar-refractivity contribution in [1.29, 1.82) is 0 Å². The average Bonchev–Trinajstić information content (AvgIpc) is 2.33. The fraction of sp³-hybridized carbons (Fsp3) is 0.385. The van der Waals surface area contributed by atoms with E-state index in [-0.39, 0.29) is 0 Å². The molecule has 1 aromatic carbocycles. The number of alkyl halides is 1. The van der Waals surface area contributed by atoms with Crippen molar-refractivity contribution in [2.75, 3.05) is 37.0 Å². The number of nitrogens with zero attached hydrogens (tertiary/aromatic N) is 2. The first-order chi connectivity index (χ1) is 7.81. The van der Waals surface area contributed by atoms with Gasteiger partial charge in [0.05, 0.1) is 6.54 Å². The Kier molecular flexibility index (Phi) is 3.73. The summed E-state index contributed by atoms with van der Waals surface area (Å²) in [5, 5.41) is 0. The van der Waals surface area contributed by atoms with Crippen LogP contribution in [-0.4, -0.2) is 37.0 Å². The van der Waals surface area contributed by atoms with Crippen molar-refractivity contribution in [2.45, 2.75) is 0 Å². The summed E-state index contributed by atoms with van der Waals surface area (Å²) < 4.78 is 0. The smallest absolute Gasteiger partial charge is 0.0573 e. The Hall–Kier alpha value is -1.15. The molecule has 0 aliphatic carbocycles. The second-order valence-corrected chi connectivity index (χ2v) is 4.38. The molecule has 0 amide bonds. The minimum atomic E-state index is 0.671. The van der Waals surface area contributed by atoms with Crippen molar-refractivity contribution in [3.05, 3.63) is 42.6 Å². The largest absolute Gasteiger partial charge is 0.371 e. The summed E-state index contributed by atoms with van der Waals surface area (Å²) in [5.41, 5.74) is 2.44. The second-order valence-electron chi connectivity index (χ2n) is 4.00. The standard InChI is InChI=1S/C13H17ClN2/c1-12-11-16(10-9-15(12)8-7-14)13-5-3-2-4-6-13/h2-6H,1,7-11H2. The number of para-hydroxylation sites is 1. The van der Waals surface area contributed by atoms with E-state index in [0.717, 1.165) is 31.9 Å². The summed E-state index contributed by atoms with van der Waals surface area (Å²) in [4.78, 5) is 4.62. The molecule has 0 aromatic heterocycles. The van der Waals surface area contributed by atoms with Gasteiger partial charge in [-0.2, -0.15) is 0 Å². The van der Waals surface area contributed by atoms with Crippen molar-refractivity contribution >= 4 is 17.3 Å². The van der Waals surface area contributed by atoms with Gasteiger partial charge in [-0.05, 0) is 12.1 Å². The Labute approximate surface area is 102 Å².